The van der Waals surface area contributed by atoms with Crippen LogP contribution in [0.4, 0.5) is 11.4 Å². The molecule has 0 N–H and O–H groups in total. The molecule has 1 aromatic heterocycles. The van der Waals surface area contributed by atoms with Gasteiger partial charge in [0.15, 0.2) is 0 Å². The summed E-state index contributed by atoms with van der Waals surface area (Å²) in [6.45, 7) is 3.95. The van der Waals surface area contributed by atoms with E-state index >= 15 is 0 Å². The smallest absolute Gasteiger partial charge is 0.259 e. The molecule has 0 bridgehead atoms. The van der Waals surface area contributed by atoms with Crippen molar-refractivity contribution >= 4 is 34.1 Å². The summed E-state index contributed by atoms with van der Waals surface area (Å²) in [7, 11) is 0. The predicted molar refractivity (Wildman–Crippen MR) is 102 cm³/mol. The number of rotatable bonds is 1. The maximum absolute atomic E-state index is 13.2. The predicted octanol–water partition coefficient (Wildman–Crippen LogP) is 3.64. The Morgan fingerprint density at radius 2 is 1.73 bits per heavy atom. The topological polar surface area (TPSA) is 53.5 Å². The van der Waals surface area contributed by atoms with E-state index in [2.05, 4.69) is 4.98 Å². The Bertz CT molecular complexity index is 1010. The molecule has 2 aromatic carbocycles. The number of aromatic nitrogens is 1. The fraction of sp³-hybridized carbons (Fsp3) is 0.190. The highest BCUT2D eigenvalue weighted by molar-refractivity contribution is 6.11. The molecule has 0 saturated heterocycles. The molecule has 0 aliphatic carbocycles. The standard InChI is InChI=1S/C21H19N3O2/c1-14-13-23(19-9-5-6-10-20(19)24(14)15(2)25)21(26)17-11-16-7-3-4-8-18(16)22-12-17/h3-12,14H,13H2,1-2H3. The van der Waals surface area contributed by atoms with Gasteiger partial charge in [-0.2, -0.15) is 0 Å². The summed E-state index contributed by atoms with van der Waals surface area (Å²) in [5, 5.41) is 0.932. The van der Waals surface area contributed by atoms with Gasteiger partial charge in [-0.05, 0) is 31.2 Å². The van der Waals surface area contributed by atoms with Crippen LogP contribution in [0.3, 0.4) is 0 Å². The molecule has 2 amide bonds. The first-order valence-electron chi connectivity index (χ1n) is 8.62. The number of fused-ring (bicyclic) bond motifs is 2. The lowest BCUT2D eigenvalue weighted by molar-refractivity contribution is -0.117. The number of carbonyl (C=O) groups excluding carboxylic acids is 2. The minimum Gasteiger partial charge on any atom is -0.306 e. The molecular formula is C21H19N3O2. The van der Waals surface area contributed by atoms with Gasteiger partial charge in [0.2, 0.25) is 5.91 Å². The van der Waals surface area contributed by atoms with Gasteiger partial charge in [-0.15, -0.1) is 0 Å². The second-order valence-electron chi connectivity index (χ2n) is 6.56. The fourth-order valence-corrected chi connectivity index (χ4v) is 3.59. The third kappa shape index (κ3) is 2.62. The Hall–Kier alpha value is -3.21. The summed E-state index contributed by atoms with van der Waals surface area (Å²) in [6.07, 6.45) is 1.62. The Kier molecular flexibility index (Phi) is 3.92. The Balaban J connectivity index is 1.77. The van der Waals surface area contributed by atoms with E-state index in [1.54, 1.807) is 22.9 Å². The lowest BCUT2D eigenvalue weighted by Crippen LogP contribution is -2.51. The minimum absolute atomic E-state index is 0.0237. The Morgan fingerprint density at radius 3 is 2.50 bits per heavy atom. The second kappa shape index (κ2) is 6.26. The largest absolute Gasteiger partial charge is 0.306 e. The van der Waals surface area contributed by atoms with E-state index in [0.29, 0.717) is 12.1 Å². The zero-order valence-electron chi connectivity index (χ0n) is 14.7. The van der Waals surface area contributed by atoms with Crippen LogP contribution < -0.4 is 9.80 Å². The van der Waals surface area contributed by atoms with Crippen molar-refractivity contribution < 1.29 is 9.59 Å². The number of carbonyl (C=O) groups is 2. The third-order valence-corrected chi connectivity index (χ3v) is 4.74. The highest BCUT2D eigenvalue weighted by Crippen LogP contribution is 2.36. The van der Waals surface area contributed by atoms with Crippen molar-refractivity contribution in [1.82, 2.24) is 4.98 Å². The number of nitrogens with zero attached hydrogens (tertiary/aromatic N) is 3. The van der Waals surface area contributed by atoms with E-state index in [0.717, 1.165) is 22.3 Å². The molecule has 1 unspecified atom stereocenters. The molecule has 130 valence electrons. The van der Waals surface area contributed by atoms with Gasteiger partial charge in [-0.25, -0.2) is 0 Å². The zero-order valence-corrected chi connectivity index (χ0v) is 14.7. The van der Waals surface area contributed by atoms with Gasteiger partial charge in [0, 0.05) is 25.1 Å². The van der Waals surface area contributed by atoms with Gasteiger partial charge in [-0.3, -0.25) is 14.6 Å². The van der Waals surface area contributed by atoms with E-state index in [9.17, 15) is 9.59 Å². The molecule has 1 aliphatic rings. The zero-order chi connectivity index (χ0) is 18.3. The van der Waals surface area contributed by atoms with E-state index in [4.69, 9.17) is 0 Å². The van der Waals surface area contributed by atoms with Crippen molar-refractivity contribution in [2.45, 2.75) is 19.9 Å². The molecule has 3 aromatic rings. The maximum Gasteiger partial charge on any atom is 0.259 e. The van der Waals surface area contributed by atoms with Crippen LogP contribution in [-0.2, 0) is 4.79 Å². The number of anilines is 2. The van der Waals surface area contributed by atoms with Gasteiger partial charge >= 0.3 is 0 Å². The summed E-state index contributed by atoms with van der Waals surface area (Å²) in [5.74, 6) is -0.129. The molecule has 1 atom stereocenters. The van der Waals surface area contributed by atoms with Crippen LogP contribution >= 0.6 is 0 Å². The van der Waals surface area contributed by atoms with Gasteiger partial charge in [0.25, 0.3) is 5.91 Å². The summed E-state index contributed by atoms with van der Waals surface area (Å²) in [4.78, 5) is 33.2. The monoisotopic (exact) mass is 345 g/mol. The number of amides is 2. The van der Waals surface area contributed by atoms with Crippen LogP contribution in [-0.4, -0.2) is 29.4 Å². The first-order chi connectivity index (χ1) is 12.6. The average molecular weight is 345 g/mol. The average Bonchev–Trinajstić information content (AvgIpc) is 2.66. The highest BCUT2D eigenvalue weighted by Gasteiger charge is 2.33. The molecule has 2 heterocycles. The Morgan fingerprint density at radius 1 is 1.04 bits per heavy atom. The number of benzene rings is 2. The lowest BCUT2D eigenvalue weighted by Gasteiger charge is -2.40. The van der Waals surface area contributed by atoms with Crippen molar-refractivity contribution in [3.8, 4) is 0 Å². The fourth-order valence-electron chi connectivity index (χ4n) is 3.59. The van der Waals surface area contributed by atoms with Crippen molar-refractivity contribution in [2.24, 2.45) is 0 Å². The van der Waals surface area contributed by atoms with Crippen LogP contribution in [0.2, 0.25) is 0 Å². The third-order valence-electron chi connectivity index (χ3n) is 4.74. The van der Waals surface area contributed by atoms with Gasteiger partial charge in [0.1, 0.15) is 0 Å². The second-order valence-corrected chi connectivity index (χ2v) is 6.56. The number of hydrogen-bond acceptors (Lipinski definition) is 3. The van der Waals surface area contributed by atoms with Crippen LogP contribution in [0.1, 0.15) is 24.2 Å². The molecule has 0 radical (unpaired) electrons. The summed E-state index contributed by atoms with van der Waals surface area (Å²) in [5.41, 5.74) is 2.92. The quantitative estimate of drug-likeness (QED) is 0.677. The molecule has 0 spiro atoms. The first kappa shape index (κ1) is 16.3. The summed E-state index contributed by atoms with van der Waals surface area (Å²) in [6, 6.07) is 17.0. The van der Waals surface area contributed by atoms with E-state index < -0.39 is 0 Å². The van der Waals surface area contributed by atoms with Crippen molar-refractivity contribution in [2.75, 3.05) is 16.3 Å². The normalized spacial score (nSPS) is 16.5. The molecule has 26 heavy (non-hydrogen) atoms. The molecule has 0 fully saturated rings. The van der Waals surface area contributed by atoms with Gasteiger partial charge < -0.3 is 9.80 Å². The maximum atomic E-state index is 13.2. The van der Waals surface area contributed by atoms with Crippen LogP contribution in [0.25, 0.3) is 10.9 Å². The van der Waals surface area contributed by atoms with Crippen molar-refractivity contribution in [1.29, 1.82) is 0 Å². The molecular weight excluding hydrogens is 326 g/mol. The van der Waals surface area contributed by atoms with E-state index in [1.807, 2.05) is 61.5 Å². The van der Waals surface area contributed by atoms with Crippen molar-refractivity contribution in [3.05, 3.63) is 66.4 Å². The summed E-state index contributed by atoms with van der Waals surface area (Å²) < 4.78 is 0. The molecule has 0 saturated carbocycles. The van der Waals surface area contributed by atoms with Crippen LogP contribution in [0, 0.1) is 0 Å². The highest BCUT2D eigenvalue weighted by atomic mass is 16.2. The minimum atomic E-state index is -0.106. The van der Waals surface area contributed by atoms with Crippen molar-refractivity contribution in [3.63, 3.8) is 0 Å². The first-order valence-corrected chi connectivity index (χ1v) is 8.62. The van der Waals surface area contributed by atoms with E-state index in [-0.39, 0.29) is 17.9 Å². The van der Waals surface area contributed by atoms with Gasteiger partial charge in [0.05, 0.1) is 28.5 Å². The van der Waals surface area contributed by atoms with Crippen LogP contribution in [0.5, 0.6) is 0 Å². The lowest BCUT2D eigenvalue weighted by atomic mass is 10.1. The molecule has 5 nitrogen and oxygen atoms in total. The molecule has 1 aliphatic heterocycles. The van der Waals surface area contributed by atoms with Crippen LogP contribution in [0.15, 0.2) is 60.8 Å². The Labute approximate surface area is 151 Å². The SMILES string of the molecule is CC(=O)N1c2ccccc2N(C(=O)c2cnc3ccccc3c2)CC1C. The number of para-hydroxylation sites is 3. The number of hydrogen-bond donors (Lipinski definition) is 0. The van der Waals surface area contributed by atoms with E-state index in [1.165, 1.54) is 0 Å². The molecule has 5 heteroatoms. The summed E-state index contributed by atoms with van der Waals surface area (Å²) >= 11 is 0. The van der Waals surface area contributed by atoms with Gasteiger partial charge in [-0.1, -0.05) is 30.3 Å². The molecule has 4 rings (SSSR count). The number of pyridine rings is 1.